The second-order valence-corrected chi connectivity index (χ2v) is 8.17. The Bertz CT molecular complexity index is 1090. The van der Waals surface area contributed by atoms with E-state index in [4.69, 9.17) is 5.73 Å². The van der Waals surface area contributed by atoms with Crippen molar-refractivity contribution in [2.75, 3.05) is 24.1 Å². The number of nitrogens with two attached hydrogens (primary N) is 1. The number of nitrogens with zero attached hydrogens (tertiary/aromatic N) is 2. The average molecular weight is 429 g/mol. The number of hydrogen-bond acceptors (Lipinski definition) is 5. The predicted molar refractivity (Wildman–Crippen MR) is 117 cm³/mol. The highest BCUT2D eigenvalue weighted by molar-refractivity contribution is 5.90. The molecule has 1 aliphatic heterocycles. The standard InChI is InChI=1S/C23H26F3N5/c1-13(17-9-18(23(24,25)26)12-19(27)10-17)29-22-20-11-16(15-5-7-28-8-6-15)3-4-21(20)30-14(2)31-22/h3-4,9-13,15,28H,5-8,27H2,1-2H3,(H,29,30,31)/t13-/m1/s1. The highest BCUT2D eigenvalue weighted by Crippen LogP contribution is 2.35. The number of fused-ring (bicyclic) bond motifs is 1. The number of rotatable bonds is 4. The minimum Gasteiger partial charge on any atom is -0.399 e. The number of anilines is 2. The van der Waals surface area contributed by atoms with Gasteiger partial charge in [-0.2, -0.15) is 13.2 Å². The largest absolute Gasteiger partial charge is 0.416 e. The molecule has 0 radical (unpaired) electrons. The molecule has 1 fully saturated rings. The summed E-state index contributed by atoms with van der Waals surface area (Å²) in [5, 5.41) is 7.54. The lowest BCUT2D eigenvalue weighted by Gasteiger charge is -2.24. The molecule has 1 aliphatic rings. The van der Waals surface area contributed by atoms with Crippen LogP contribution in [0.3, 0.4) is 0 Å². The van der Waals surface area contributed by atoms with Gasteiger partial charge in [-0.3, -0.25) is 0 Å². The minimum absolute atomic E-state index is 0.0791. The lowest BCUT2D eigenvalue weighted by molar-refractivity contribution is -0.137. The average Bonchev–Trinajstić information content (AvgIpc) is 2.73. The van der Waals surface area contributed by atoms with Gasteiger partial charge < -0.3 is 16.4 Å². The maximum absolute atomic E-state index is 13.2. The van der Waals surface area contributed by atoms with E-state index in [0.29, 0.717) is 23.1 Å². The molecule has 1 aromatic heterocycles. The highest BCUT2D eigenvalue weighted by atomic mass is 19.4. The van der Waals surface area contributed by atoms with Crippen LogP contribution in [0.4, 0.5) is 24.7 Å². The zero-order valence-electron chi connectivity index (χ0n) is 17.6. The fraction of sp³-hybridized carbons (Fsp3) is 0.391. The monoisotopic (exact) mass is 429 g/mol. The van der Waals surface area contributed by atoms with E-state index in [1.54, 1.807) is 19.9 Å². The zero-order valence-corrected chi connectivity index (χ0v) is 17.6. The Labute approximate surface area is 179 Å². The summed E-state index contributed by atoms with van der Waals surface area (Å²) in [6, 6.07) is 9.44. The molecule has 8 heteroatoms. The van der Waals surface area contributed by atoms with Crippen molar-refractivity contribution < 1.29 is 13.2 Å². The number of halogens is 3. The van der Waals surface area contributed by atoms with Gasteiger partial charge in [0.05, 0.1) is 17.1 Å². The fourth-order valence-electron chi connectivity index (χ4n) is 4.16. The van der Waals surface area contributed by atoms with E-state index in [0.717, 1.165) is 49.0 Å². The van der Waals surface area contributed by atoms with E-state index in [9.17, 15) is 13.2 Å². The topological polar surface area (TPSA) is 75.9 Å². The number of alkyl halides is 3. The Morgan fingerprint density at radius 1 is 1.10 bits per heavy atom. The van der Waals surface area contributed by atoms with E-state index in [-0.39, 0.29) is 5.69 Å². The third-order valence-corrected chi connectivity index (χ3v) is 5.80. The van der Waals surface area contributed by atoms with Crippen LogP contribution in [0.5, 0.6) is 0 Å². The first-order valence-corrected chi connectivity index (χ1v) is 10.4. The first kappa shape index (κ1) is 21.4. The molecule has 2 aromatic carbocycles. The molecule has 164 valence electrons. The van der Waals surface area contributed by atoms with Crippen LogP contribution in [0.15, 0.2) is 36.4 Å². The Hall–Kier alpha value is -2.87. The molecular formula is C23H26F3N5. The molecule has 3 aromatic rings. The van der Waals surface area contributed by atoms with Crippen LogP contribution in [-0.2, 0) is 6.18 Å². The van der Waals surface area contributed by atoms with Crippen molar-refractivity contribution in [1.29, 1.82) is 0 Å². The van der Waals surface area contributed by atoms with Gasteiger partial charge >= 0.3 is 6.18 Å². The van der Waals surface area contributed by atoms with Crippen LogP contribution in [0, 0.1) is 6.92 Å². The number of benzene rings is 2. The van der Waals surface area contributed by atoms with Gasteiger partial charge in [0.15, 0.2) is 0 Å². The zero-order chi connectivity index (χ0) is 22.2. The van der Waals surface area contributed by atoms with Crippen LogP contribution < -0.4 is 16.4 Å². The molecule has 0 spiro atoms. The summed E-state index contributed by atoms with van der Waals surface area (Å²) >= 11 is 0. The quantitative estimate of drug-likeness (QED) is 0.498. The van der Waals surface area contributed by atoms with E-state index in [1.807, 2.05) is 6.07 Å². The third-order valence-electron chi connectivity index (χ3n) is 5.80. The summed E-state index contributed by atoms with van der Waals surface area (Å²) in [5.74, 6) is 1.68. The summed E-state index contributed by atoms with van der Waals surface area (Å²) in [6.45, 7) is 5.59. The fourth-order valence-corrected chi connectivity index (χ4v) is 4.16. The summed E-state index contributed by atoms with van der Waals surface area (Å²) in [4.78, 5) is 9.09. The maximum Gasteiger partial charge on any atom is 0.416 e. The van der Waals surface area contributed by atoms with Crippen molar-refractivity contribution in [1.82, 2.24) is 15.3 Å². The van der Waals surface area contributed by atoms with E-state index < -0.39 is 17.8 Å². The Kier molecular flexibility index (Phi) is 5.75. The lowest BCUT2D eigenvalue weighted by atomic mass is 9.89. The summed E-state index contributed by atoms with van der Waals surface area (Å²) in [6.07, 6.45) is -2.31. The third kappa shape index (κ3) is 4.74. The van der Waals surface area contributed by atoms with Crippen molar-refractivity contribution in [2.24, 2.45) is 0 Å². The van der Waals surface area contributed by atoms with Crippen LogP contribution >= 0.6 is 0 Å². The van der Waals surface area contributed by atoms with Crippen molar-refractivity contribution >= 4 is 22.4 Å². The maximum atomic E-state index is 13.2. The molecular weight excluding hydrogens is 403 g/mol. The molecule has 4 N–H and O–H groups in total. The van der Waals surface area contributed by atoms with Crippen molar-refractivity contribution in [3.63, 3.8) is 0 Å². The molecule has 31 heavy (non-hydrogen) atoms. The van der Waals surface area contributed by atoms with Crippen molar-refractivity contribution in [3.05, 3.63) is 58.9 Å². The first-order valence-electron chi connectivity index (χ1n) is 10.4. The SMILES string of the molecule is Cc1nc(N[C@H](C)c2cc(N)cc(C(F)(F)F)c2)c2cc(C3CCNCC3)ccc2n1. The number of piperidine rings is 1. The summed E-state index contributed by atoms with van der Waals surface area (Å²) < 4.78 is 39.7. The molecule has 1 saturated heterocycles. The highest BCUT2D eigenvalue weighted by Gasteiger charge is 2.31. The molecule has 1 atom stereocenters. The summed E-state index contributed by atoms with van der Waals surface area (Å²) in [5.41, 5.74) is 7.56. The second-order valence-electron chi connectivity index (χ2n) is 8.17. The Morgan fingerprint density at radius 3 is 2.55 bits per heavy atom. The molecule has 0 bridgehead atoms. The number of nitrogens with one attached hydrogen (secondary N) is 2. The number of aryl methyl sites for hydroxylation is 1. The van der Waals surface area contributed by atoms with E-state index in [2.05, 4.69) is 32.7 Å². The second kappa shape index (κ2) is 8.34. The first-order chi connectivity index (χ1) is 14.7. The Morgan fingerprint density at radius 2 is 1.84 bits per heavy atom. The molecule has 0 saturated carbocycles. The summed E-state index contributed by atoms with van der Waals surface area (Å²) in [7, 11) is 0. The molecule has 0 amide bonds. The molecule has 4 rings (SSSR count). The lowest BCUT2D eigenvalue weighted by Crippen LogP contribution is -2.26. The van der Waals surface area contributed by atoms with Crippen molar-refractivity contribution in [2.45, 2.75) is 44.8 Å². The Balaban J connectivity index is 1.69. The van der Waals surface area contributed by atoms with Gasteiger partial charge in [0.25, 0.3) is 0 Å². The number of hydrogen-bond donors (Lipinski definition) is 3. The van der Waals surface area contributed by atoms with E-state index in [1.165, 1.54) is 5.56 Å². The van der Waals surface area contributed by atoms with E-state index >= 15 is 0 Å². The minimum atomic E-state index is -4.45. The number of aromatic nitrogens is 2. The van der Waals surface area contributed by atoms with Gasteiger partial charge in [-0.15, -0.1) is 0 Å². The normalized spacial score (nSPS) is 16.4. The molecule has 0 unspecified atom stereocenters. The van der Waals surface area contributed by atoms with Gasteiger partial charge in [0.2, 0.25) is 0 Å². The van der Waals surface area contributed by atoms with Gasteiger partial charge in [-0.05, 0) is 87.2 Å². The number of nitrogen functional groups attached to an aromatic ring is 1. The van der Waals surface area contributed by atoms with Crippen LogP contribution in [0.2, 0.25) is 0 Å². The molecule has 0 aliphatic carbocycles. The van der Waals surface area contributed by atoms with Crippen molar-refractivity contribution in [3.8, 4) is 0 Å². The predicted octanol–water partition coefficient (Wildman–Crippen LogP) is 5.18. The van der Waals surface area contributed by atoms with Gasteiger partial charge in [-0.1, -0.05) is 6.07 Å². The molecule has 5 nitrogen and oxygen atoms in total. The smallest absolute Gasteiger partial charge is 0.399 e. The molecule has 2 heterocycles. The van der Waals surface area contributed by atoms with Gasteiger partial charge in [-0.25, -0.2) is 9.97 Å². The van der Waals surface area contributed by atoms with Crippen LogP contribution in [0.1, 0.15) is 54.2 Å². The van der Waals surface area contributed by atoms with Gasteiger partial charge in [0.1, 0.15) is 11.6 Å². The van der Waals surface area contributed by atoms with Crippen LogP contribution in [0.25, 0.3) is 10.9 Å². The van der Waals surface area contributed by atoms with Crippen LogP contribution in [-0.4, -0.2) is 23.1 Å². The van der Waals surface area contributed by atoms with Gasteiger partial charge in [0, 0.05) is 11.1 Å².